The second-order valence-corrected chi connectivity index (χ2v) is 7.64. The number of H-pyrrole nitrogens is 1. The molecule has 1 atom stereocenters. The van der Waals surface area contributed by atoms with Crippen LogP contribution in [-0.4, -0.2) is 39.5 Å². The monoisotopic (exact) mass is 420 g/mol. The fourth-order valence-electron chi connectivity index (χ4n) is 3.25. The SMILES string of the molecule is COc1ccc([C@H]2CC(c3ccccc3)=NN2C(=O)CSc2nccc(=O)[nH]2)cc1. The lowest BCUT2D eigenvalue weighted by Crippen LogP contribution is -2.28. The fraction of sp³-hybridized carbons (Fsp3) is 0.182. The number of hydrogen-bond acceptors (Lipinski definition) is 6. The molecule has 30 heavy (non-hydrogen) atoms. The van der Waals surface area contributed by atoms with Crippen molar-refractivity contribution < 1.29 is 9.53 Å². The van der Waals surface area contributed by atoms with E-state index in [1.165, 1.54) is 29.0 Å². The average Bonchev–Trinajstić information content (AvgIpc) is 3.24. The molecule has 1 aliphatic heterocycles. The summed E-state index contributed by atoms with van der Waals surface area (Å²) in [5.41, 5.74) is 2.59. The molecule has 2 heterocycles. The summed E-state index contributed by atoms with van der Waals surface area (Å²) < 4.78 is 5.25. The third kappa shape index (κ3) is 4.44. The van der Waals surface area contributed by atoms with E-state index < -0.39 is 0 Å². The van der Waals surface area contributed by atoms with Crippen molar-refractivity contribution in [1.82, 2.24) is 15.0 Å². The molecule has 1 aromatic heterocycles. The summed E-state index contributed by atoms with van der Waals surface area (Å²) in [5, 5.41) is 6.60. The maximum absolute atomic E-state index is 13.0. The second kappa shape index (κ2) is 8.96. The van der Waals surface area contributed by atoms with E-state index in [4.69, 9.17) is 4.74 Å². The molecule has 1 N–H and O–H groups in total. The van der Waals surface area contributed by atoms with Crippen LogP contribution < -0.4 is 10.3 Å². The first-order chi connectivity index (χ1) is 14.6. The molecule has 1 amide bonds. The molecular weight excluding hydrogens is 400 g/mol. The van der Waals surface area contributed by atoms with Crippen LogP contribution in [0, 0.1) is 0 Å². The highest BCUT2D eigenvalue weighted by Gasteiger charge is 2.33. The zero-order chi connectivity index (χ0) is 20.9. The number of aromatic amines is 1. The Hall–Kier alpha value is -3.39. The van der Waals surface area contributed by atoms with Gasteiger partial charge in [0.2, 0.25) is 0 Å². The molecule has 2 aromatic carbocycles. The highest BCUT2D eigenvalue weighted by Crippen LogP contribution is 2.34. The van der Waals surface area contributed by atoms with Gasteiger partial charge in [0.1, 0.15) is 5.75 Å². The molecule has 0 unspecified atom stereocenters. The van der Waals surface area contributed by atoms with E-state index in [-0.39, 0.29) is 23.3 Å². The van der Waals surface area contributed by atoms with Gasteiger partial charge >= 0.3 is 0 Å². The maximum Gasteiger partial charge on any atom is 0.253 e. The Morgan fingerprint density at radius 2 is 1.93 bits per heavy atom. The Bertz CT molecular complexity index is 1110. The predicted octanol–water partition coefficient (Wildman–Crippen LogP) is 3.25. The van der Waals surface area contributed by atoms with Crippen LogP contribution in [0.3, 0.4) is 0 Å². The Morgan fingerprint density at radius 1 is 1.17 bits per heavy atom. The van der Waals surface area contributed by atoms with Crippen LogP contribution in [-0.2, 0) is 4.79 Å². The van der Waals surface area contributed by atoms with Gasteiger partial charge in [-0.3, -0.25) is 9.59 Å². The van der Waals surface area contributed by atoms with Gasteiger partial charge in [0.25, 0.3) is 11.5 Å². The highest BCUT2D eigenvalue weighted by molar-refractivity contribution is 7.99. The quantitative estimate of drug-likeness (QED) is 0.489. The first kappa shape index (κ1) is 19.9. The molecule has 0 fully saturated rings. The van der Waals surface area contributed by atoms with Crippen molar-refractivity contribution in [2.24, 2.45) is 5.10 Å². The number of nitrogens with one attached hydrogen (secondary N) is 1. The number of nitrogens with zero attached hydrogens (tertiary/aromatic N) is 3. The molecule has 0 bridgehead atoms. The lowest BCUT2D eigenvalue weighted by molar-refractivity contribution is -0.130. The second-order valence-electron chi connectivity index (χ2n) is 6.67. The van der Waals surface area contributed by atoms with E-state index >= 15 is 0 Å². The average molecular weight is 420 g/mol. The van der Waals surface area contributed by atoms with Crippen molar-refractivity contribution in [2.45, 2.75) is 17.6 Å². The molecule has 7 nitrogen and oxygen atoms in total. The summed E-state index contributed by atoms with van der Waals surface area (Å²) in [6.07, 6.45) is 2.04. The minimum Gasteiger partial charge on any atom is -0.497 e. The summed E-state index contributed by atoms with van der Waals surface area (Å²) in [7, 11) is 1.62. The minimum absolute atomic E-state index is 0.116. The molecule has 3 aromatic rings. The Balaban J connectivity index is 1.58. The predicted molar refractivity (Wildman–Crippen MR) is 116 cm³/mol. The number of ether oxygens (including phenoxy) is 1. The molecule has 152 valence electrons. The summed E-state index contributed by atoms with van der Waals surface area (Å²) >= 11 is 1.18. The van der Waals surface area contributed by atoms with E-state index in [2.05, 4.69) is 15.1 Å². The third-order valence-electron chi connectivity index (χ3n) is 4.75. The third-order valence-corrected chi connectivity index (χ3v) is 5.63. The van der Waals surface area contributed by atoms with Crippen molar-refractivity contribution >= 4 is 23.4 Å². The van der Waals surface area contributed by atoms with Crippen LogP contribution >= 0.6 is 11.8 Å². The number of thioether (sulfide) groups is 1. The zero-order valence-corrected chi connectivity index (χ0v) is 17.1. The number of methoxy groups -OCH3 is 1. The van der Waals surface area contributed by atoms with Crippen LogP contribution in [0.15, 0.2) is 81.9 Å². The number of carbonyl (C=O) groups is 1. The van der Waals surface area contributed by atoms with Gasteiger partial charge in [0.05, 0.1) is 24.6 Å². The van der Waals surface area contributed by atoms with Gasteiger partial charge < -0.3 is 9.72 Å². The van der Waals surface area contributed by atoms with E-state index in [1.807, 2.05) is 54.6 Å². The van der Waals surface area contributed by atoms with Gasteiger partial charge in [-0.2, -0.15) is 5.10 Å². The van der Waals surface area contributed by atoms with E-state index in [9.17, 15) is 9.59 Å². The molecule has 0 aliphatic carbocycles. The molecule has 0 saturated heterocycles. The largest absolute Gasteiger partial charge is 0.497 e. The van der Waals surface area contributed by atoms with E-state index in [0.717, 1.165) is 22.6 Å². The van der Waals surface area contributed by atoms with Crippen LogP contribution in [0.5, 0.6) is 5.75 Å². The normalized spacial score (nSPS) is 15.7. The Kier molecular flexibility index (Phi) is 5.94. The summed E-state index contributed by atoms with van der Waals surface area (Å²) in [4.78, 5) is 31.2. The first-order valence-corrected chi connectivity index (χ1v) is 10.4. The Morgan fingerprint density at radius 3 is 2.63 bits per heavy atom. The zero-order valence-electron chi connectivity index (χ0n) is 16.3. The van der Waals surface area contributed by atoms with Crippen molar-refractivity contribution in [3.63, 3.8) is 0 Å². The smallest absolute Gasteiger partial charge is 0.253 e. The van der Waals surface area contributed by atoms with Crippen molar-refractivity contribution in [1.29, 1.82) is 0 Å². The number of aromatic nitrogens is 2. The summed E-state index contributed by atoms with van der Waals surface area (Å²) in [6.45, 7) is 0. The Labute approximate surface area is 177 Å². The van der Waals surface area contributed by atoms with Gasteiger partial charge in [0.15, 0.2) is 5.16 Å². The van der Waals surface area contributed by atoms with Gasteiger partial charge in [-0.15, -0.1) is 0 Å². The lowest BCUT2D eigenvalue weighted by Gasteiger charge is -2.22. The molecule has 8 heteroatoms. The van der Waals surface area contributed by atoms with E-state index in [0.29, 0.717) is 11.6 Å². The summed E-state index contributed by atoms with van der Waals surface area (Å²) in [5.74, 6) is 0.720. The van der Waals surface area contributed by atoms with Crippen LogP contribution in [0.4, 0.5) is 0 Å². The van der Waals surface area contributed by atoms with Crippen LogP contribution in [0.25, 0.3) is 0 Å². The maximum atomic E-state index is 13.0. The van der Waals surface area contributed by atoms with Gasteiger partial charge in [-0.1, -0.05) is 54.2 Å². The number of hydrazone groups is 1. The molecule has 0 radical (unpaired) electrons. The molecule has 0 spiro atoms. The molecular formula is C22H20N4O3S. The van der Waals surface area contributed by atoms with Gasteiger partial charge in [-0.25, -0.2) is 9.99 Å². The lowest BCUT2D eigenvalue weighted by atomic mass is 9.98. The number of rotatable bonds is 6. The first-order valence-electron chi connectivity index (χ1n) is 9.41. The standard InChI is InChI=1S/C22H20N4O3S/c1-29-17-9-7-16(8-10-17)19-13-18(15-5-3-2-4-6-15)25-26(19)21(28)14-30-22-23-12-11-20(27)24-22/h2-12,19H,13-14H2,1H3,(H,23,24,27)/t19-/m1/s1. The van der Waals surface area contributed by atoms with Crippen molar-refractivity contribution in [3.8, 4) is 5.75 Å². The molecule has 0 saturated carbocycles. The van der Waals surface area contributed by atoms with Crippen molar-refractivity contribution in [2.75, 3.05) is 12.9 Å². The fourth-order valence-corrected chi connectivity index (χ4v) is 3.95. The number of carbonyl (C=O) groups excluding carboxylic acids is 1. The van der Waals surface area contributed by atoms with Gasteiger partial charge in [0, 0.05) is 18.7 Å². The number of benzene rings is 2. The number of amides is 1. The summed E-state index contributed by atoms with van der Waals surface area (Å²) in [6, 6.07) is 18.6. The van der Waals surface area contributed by atoms with Gasteiger partial charge in [-0.05, 0) is 23.3 Å². The van der Waals surface area contributed by atoms with Crippen LogP contribution in [0.1, 0.15) is 23.6 Å². The topological polar surface area (TPSA) is 87.7 Å². The van der Waals surface area contributed by atoms with Crippen molar-refractivity contribution in [3.05, 3.63) is 88.3 Å². The molecule has 1 aliphatic rings. The van der Waals surface area contributed by atoms with E-state index in [1.54, 1.807) is 7.11 Å². The highest BCUT2D eigenvalue weighted by atomic mass is 32.2. The van der Waals surface area contributed by atoms with Crippen LogP contribution in [0.2, 0.25) is 0 Å². The minimum atomic E-state index is -0.249. The molecule has 4 rings (SSSR count). The number of hydrogen-bond donors (Lipinski definition) is 1.